The van der Waals surface area contributed by atoms with Gasteiger partial charge in [0.25, 0.3) is 0 Å². The summed E-state index contributed by atoms with van der Waals surface area (Å²) in [5.41, 5.74) is 10.6. The van der Waals surface area contributed by atoms with Gasteiger partial charge >= 0.3 is 47.8 Å². The molecule has 0 bridgehead atoms. The molecule has 0 aliphatic rings. The van der Waals surface area contributed by atoms with Crippen LogP contribution in [-0.4, -0.2) is 224 Å². The molecule has 0 aromatic carbocycles. The fraction of sp³-hybridized carbons (Fsp3) is 0.647. The molecule has 500 valence electrons. The van der Waals surface area contributed by atoms with Crippen LogP contribution in [-0.2, 0) is 101 Å². The number of aliphatic carboxylic acids is 7. The van der Waals surface area contributed by atoms with Crippen LogP contribution in [0, 0.1) is 17.8 Å². The topological polar surface area (TPSA) is 601 Å². The minimum absolute atomic E-state index is 0. The van der Waals surface area contributed by atoms with Crippen molar-refractivity contribution >= 4 is 142 Å². The van der Waals surface area contributed by atoms with Crippen LogP contribution in [0.1, 0.15) is 98.3 Å². The summed E-state index contributed by atoms with van der Waals surface area (Å²) in [6.45, 7) is 0.602. The van der Waals surface area contributed by atoms with E-state index in [0.717, 1.165) is 56.6 Å². The lowest BCUT2D eigenvalue weighted by molar-refractivity contribution is -0.408. The summed E-state index contributed by atoms with van der Waals surface area (Å²) in [6, 6.07) is -2.12. The minimum Gasteiger partial charge on any atom is -0.549 e. The van der Waals surface area contributed by atoms with E-state index in [1.54, 1.807) is 0 Å². The Morgan fingerprint density at radius 1 is 0.420 bits per heavy atom. The summed E-state index contributed by atoms with van der Waals surface area (Å²) in [5, 5.41) is 68.9. The van der Waals surface area contributed by atoms with E-state index in [-0.39, 0.29) is 106 Å². The summed E-state index contributed by atoms with van der Waals surface area (Å²) < 4.78 is 13.3. The number of carboxylic acid groups (broad SMARTS) is 7. The number of amides is 3. The Labute approximate surface area is 517 Å². The molecule has 3 unspecified atom stereocenters. The molecule has 0 fully saturated rings. The molecule has 88 heavy (non-hydrogen) atoms. The zero-order chi connectivity index (χ0) is 67.7. The van der Waals surface area contributed by atoms with E-state index < -0.39 is 174 Å². The first kappa shape index (κ1) is 86.8. The third kappa shape index (κ3) is 43.9. The molecule has 0 saturated carbocycles. The zero-order valence-corrected chi connectivity index (χ0v) is 50.8. The Morgan fingerprint density at radius 3 is 0.932 bits per heavy atom. The number of quaternary nitrogens is 3. The van der Waals surface area contributed by atoms with Crippen molar-refractivity contribution < 1.29 is 153 Å². The van der Waals surface area contributed by atoms with Crippen molar-refractivity contribution in [2.75, 3.05) is 58.2 Å². The maximum atomic E-state index is 12.2. The van der Waals surface area contributed by atoms with Gasteiger partial charge in [0.2, 0.25) is 17.7 Å². The van der Waals surface area contributed by atoms with Crippen molar-refractivity contribution in [3.63, 3.8) is 0 Å². The van der Waals surface area contributed by atoms with Gasteiger partial charge in [0, 0.05) is 88.9 Å². The number of nitrogens with one attached hydrogen (secondary N) is 3. The molecule has 0 heterocycles. The van der Waals surface area contributed by atoms with E-state index >= 15 is 0 Å². The van der Waals surface area contributed by atoms with Crippen LogP contribution in [0.3, 0.4) is 0 Å². The number of rotatable bonds is 45. The Balaban J connectivity index is -0.000000598. The molecule has 34 nitrogen and oxygen atoms in total. The van der Waals surface area contributed by atoms with Gasteiger partial charge in [-0.05, 0) is 0 Å². The zero-order valence-electron chi connectivity index (χ0n) is 48.4. The minimum atomic E-state index is -1.55. The van der Waals surface area contributed by atoms with E-state index in [1.807, 2.05) is 0 Å². The maximum Gasteiger partial charge on any atom is 0.362 e. The molecule has 0 rings (SSSR count). The largest absolute Gasteiger partial charge is 0.549 e. The van der Waals surface area contributed by atoms with Gasteiger partial charge in [-0.1, -0.05) is 7.43 Å². The highest BCUT2D eigenvalue weighted by Gasteiger charge is 2.31. The second kappa shape index (κ2) is 48.4. The second-order valence-corrected chi connectivity index (χ2v) is 22.4. The van der Waals surface area contributed by atoms with Crippen LogP contribution in [0.15, 0.2) is 0 Å². The molecular weight excluding hydrogens is 1240 g/mol. The van der Waals surface area contributed by atoms with E-state index in [4.69, 9.17) is 15.3 Å². The van der Waals surface area contributed by atoms with Crippen LogP contribution in [0.5, 0.6) is 0 Å². The highest BCUT2D eigenvalue weighted by molar-refractivity contribution is 8.01. The first-order valence-electron chi connectivity index (χ1n) is 25.9. The fourth-order valence-electron chi connectivity index (χ4n) is 6.31. The van der Waals surface area contributed by atoms with Gasteiger partial charge < -0.3 is 92.7 Å². The van der Waals surface area contributed by atoms with Crippen LogP contribution in [0.4, 0.5) is 0 Å². The number of ketones is 5. The molecule has 9 atom stereocenters. The molecular formula is C51H81N6O28S3+. The summed E-state index contributed by atoms with van der Waals surface area (Å²) in [5.74, 6) is -19.0. The lowest BCUT2D eigenvalue weighted by Gasteiger charge is -2.20. The lowest BCUT2D eigenvalue weighted by Crippen LogP contribution is -2.64. The van der Waals surface area contributed by atoms with Gasteiger partial charge in [-0.3, -0.25) is 71.9 Å². The molecule has 0 spiro atoms. The highest BCUT2D eigenvalue weighted by Crippen LogP contribution is 2.25. The highest BCUT2D eigenvalue weighted by atomic mass is 32.2. The standard InChI is InChI=1S/2C17H26N2O9S.C16H24N2O10S.CH4/c2*1-9(20)12(18)4-3-11(21)5-10(16(25)19-7-14(22)23)8-29-13(17(26)27)6-15(24)28-2;1-28-13(22)5-11(16(26)27)29-7-8(14(23)18-6-12(20)21)4-9(19)2-3-10(17)15(24)25;/h2*10,12-13H,3-8,18H2,1-2H3,(H,19,25)(H,22,23)(H,26,27);8,10-11H,2-7,17H2,1H3,(H,18,23)(H,20,21)(H,24,25)(H,26,27);1H4/p+1/t2*10-,12-,13?;8-,10-,11?;/m000./s1. The number of ether oxygens (including phenoxy) is 3. The molecule has 0 aliphatic carbocycles. The van der Waals surface area contributed by atoms with Crippen molar-refractivity contribution in [1.29, 1.82) is 0 Å². The number of thioether (sulfide) groups is 3. The lowest BCUT2D eigenvalue weighted by atomic mass is 9.98. The van der Waals surface area contributed by atoms with Crippen molar-refractivity contribution in [3.8, 4) is 0 Å². The number of hydrogen-bond acceptors (Lipinski definition) is 26. The first-order chi connectivity index (χ1) is 40.4. The molecule has 3 amide bonds. The normalized spacial score (nSPS) is 13.5. The summed E-state index contributed by atoms with van der Waals surface area (Å²) in [4.78, 5) is 206. The predicted molar refractivity (Wildman–Crippen MR) is 301 cm³/mol. The van der Waals surface area contributed by atoms with Crippen LogP contribution in [0.25, 0.3) is 0 Å². The van der Waals surface area contributed by atoms with Gasteiger partial charge in [0.05, 0.1) is 82.1 Å². The van der Waals surface area contributed by atoms with Gasteiger partial charge in [-0.2, -0.15) is 11.8 Å². The van der Waals surface area contributed by atoms with Gasteiger partial charge in [0.1, 0.15) is 53.0 Å². The molecule has 0 aliphatic heterocycles. The predicted octanol–water partition coefficient (Wildman–Crippen LogP) is -7.06. The van der Waals surface area contributed by atoms with Gasteiger partial charge in [0.15, 0.2) is 17.6 Å². The molecule has 0 radical (unpaired) electrons. The van der Waals surface area contributed by atoms with Crippen LogP contribution in [0.2, 0.25) is 0 Å². The Hall–Kier alpha value is -7.61. The van der Waals surface area contributed by atoms with E-state index in [0.29, 0.717) is 0 Å². The van der Waals surface area contributed by atoms with Crippen LogP contribution < -0.4 is 43.4 Å². The molecule has 17 N–H and O–H groups in total. The SMILES string of the molecule is C.COC(=O)CC(SC[C@H](CC(=O)CC[C@H]([NH3+])C(=O)O)C(=O)NCC(=O)[O-])C(=O)O.COC(=O)CC(SC[C@H](CC(=O)CC[C@H]([NH3+])C(C)=O)C(=O)NCC(=O)O)C(=O)O.COC(=O)CC(SC[C@H](CC(=O)CC[C@H]([NH3+])C(C)=O)C(=O)NCC(=O)O)C(=O)[O-]. The molecule has 37 heteroatoms. The van der Waals surface area contributed by atoms with Crippen molar-refractivity contribution in [2.24, 2.45) is 17.8 Å². The second-order valence-electron chi connectivity index (χ2n) is 18.7. The van der Waals surface area contributed by atoms with Crippen molar-refractivity contribution in [2.45, 2.75) is 132 Å². The van der Waals surface area contributed by atoms with Crippen LogP contribution >= 0.6 is 35.3 Å². The van der Waals surface area contributed by atoms with Gasteiger partial charge in [-0.25, -0.2) is 4.79 Å². The Kier molecular flexibility index (Phi) is 47.8. The van der Waals surface area contributed by atoms with Gasteiger partial charge in [-0.15, -0.1) is 23.5 Å². The Morgan fingerprint density at radius 2 is 0.693 bits per heavy atom. The smallest absolute Gasteiger partial charge is 0.362 e. The average molecular weight is 1320 g/mol. The third-order valence-corrected chi connectivity index (χ3v) is 15.7. The number of esters is 3. The monoisotopic (exact) mass is 1320 g/mol. The quantitative estimate of drug-likeness (QED) is 0.0199. The number of carbonyl (C=O) groups is 18. The van der Waals surface area contributed by atoms with E-state index in [1.165, 1.54) is 13.8 Å². The molecule has 0 aromatic heterocycles. The fourth-order valence-corrected chi connectivity index (χ4v) is 9.70. The number of Topliss-reactive ketones (excluding diaryl/α,β-unsaturated/α-hetero) is 5. The Bertz CT molecular complexity index is 2170. The average Bonchev–Trinajstić information content (AvgIpc) is 3.61. The van der Waals surface area contributed by atoms with E-state index in [9.17, 15) is 107 Å². The third-order valence-electron chi connectivity index (χ3n) is 11.6. The molecule has 0 saturated heterocycles. The van der Waals surface area contributed by atoms with E-state index in [2.05, 4.69) is 47.4 Å². The summed E-state index contributed by atoms with van der Waals surface area (Å²) in [7, 11) is 3.30. The number of methoxy groups -OCH3 is 3. The summed E-state index contributed by atoms with van der Waals surface area (Å²) >= 11 is 2.25. The first-order valence-corrected chi connectivity index (χ1v) is 29.0. The molecule has 0 aromatic rings. The maximum absolute atomic E-state index is 12.2. The summed E-state index contributed by atoms with van der Waals surface area (Å²) in [6.07, 6.45) is -2.05. The number of hydrogen-bond donors (Lipinski definition) is 11. The van der Waals surface area contributed by atoms with Crippen molar-refractivity contribution in [3.05, 3.63) is 0 Å². The van der Waals surface area contributed by atoms with Crippen molar-refractivity contribution in [1.82, 2.24) is 16.0 Å². The number of carbonyl (C=O) groups excluding carboxylic acids is 13. The number of carboxylic acids is 7.